The number of hydrogen-bond acceptors (Lipinski definition) is 5. The first-order valence-corrected chi connectivity index (χ1v) is 7.81. The fourth-order valence-corrected chi connectivity index (χ4v) is 2.90. The number of carboxylic acids is 1. The molecule has 0 aliphatic rings. The molecule has 0 radical (unpaired) electrons. The Bertz CT molecular complexity index is 474. The fourth-order valence-electron chi connectivity index (χ4n) is 1.35. The maximum Gasteiger partial charge on any atom is 0.316 e. The van der Waals surface area contributed by atoms with Crippen molar-refractivity contribution in [1.29, 1.82) is 0 Å². The fraction of sp³-hybridized carbons (Fsp3) is 0.417. The van der Waals surface area contributed by atoms with Crippen LogP contribution in [0.25, 0.3) is 0 Å². The molecule has 1 unspecified atom stereocenters. The Morgan fingerprint density at radius 3 is 2.55 bits per heavy atom. The summed E-state index contributed by atoms with van der Waals surface area (Å²) in [5.41, 5.74) is 4.54. The van der Waals surface area contributed by atoms with Crippen LogP contribution >= 0.6 is 23.1 Å². The summed E-state index contributed by atoms with van der Waals surface area (Å²) >= 11 is 2.30. The first-order valence-electron chi connectivity index (χ1n) is 5.89. The molecule has 1 atom stereocenters. The highest BCUT2D eigenvalue weighted by Gasteiger charge is 2.23. The van der Waals surface area contributed by atoms with E-state index < -0.39 is 23.0 Å². The lowest BCUT2D eigenvalue weighted by molar-refractivity contribution is -0.137. The molecule has 20 heavy (non-hydrogen) atoms. The Balaban J connectivity index is 2.33. The van der Waals surface area contributed by atoms with Gasteiger partial charge in [-0.25, -0.2) is 0 Å². The number of nitrogens with one attached hydrogen (secondary N) is 2. The van der Waals surface area contributed by atoms with Crippen LogP contribution in [0.15, 0.2) is 17.5 Å². The number of amides is 2. The highest BCUT2D eigenvalue weighted by Crippen LogP contribution is 2.19. The molecule has 110 valence electrons. The molecule has 8 heteroatoms. The molecule has 1 rings (SSSR count). The van der Waals surface area contributed by atoms with E-state index in [2.05, 4.69) is 10.9 Å². The second-order valence-corrected chi connectivity index (χ2v) is 6.37. The number of carbonyl (C=O) groups excluding carboxylic acids is 2. The monoisotopic (exact) mass is 316 g/mol. The average Bonchev–Trinajstić information content (AvgIpc) is 2.89. The van der Waals surface area contributed by atoms with E-state index in [1.807, 2.05) is 0 Å². The molecule has 0 saturated heterocycles. The van der Waals surface area contributed by atoms with Crippen LogP contribution in [0, 0.1) is 5.92 Å². The van der Waals surface area contributed by atoms with E-state index in [0.29, 0.717) is 4.88 Å². The number of thioether (sulfide) groups is 1. The summed E-state index contributed by atoms with van der Waals surface area (Å²) in [5, 5.41) is 10.1. The van der Waals surface area contributed by atoms with Crippen molar-refractivity contribution in [2.75, 3.05) is 5.75 Å². The zero-order valence-corrected chi connectivity index (χ0v) is 12.7. The van der Waals surface area contributed by atoms with Gasteiger partial charge in [0, 0.05) is 0 Å². The first kappa shape index (κ1) is 16.5. The van der Waals surface area contributed by atoms with Crippen molar-refractivity contribution in [3.8, 4) is 0 Å². The predicted octanol–water partition coefficient (Wildman–Crippen LogP) is 1.35. The third-order valence-corrected chi connectivity index (χ3v) is 4.71. The maximum absolute atomic E-state index is 11.5. The molecular formula is C12H16N2O4S2. The van der Waals surface area contributed by atoms with E-state index in [4.69, 9.17) is 5.11 Å². The summed E-state index contributed by atoms with van der Waals surface area (Å²) in [6, 6.07) is 3.37. The van der Waals surface area contributed by atoms with Crippen molar-refractivity contribution in [3.63, 3.8) is 0 Å². The molecule has 6 nitrogen and oxygen atoms in total. The number of thiophene rings is 1. The van der Waals surface area contributed by atoms with E-state index in [9.17, 15) is 14.4 Å². The molecule has 2 amide bonds. The highest BCUT2D eigenvalue weighted by molar-refractivity contribution is 8.01. The zero-order valence-electron chi connectivity index (χ0n) is 11.1. The summed E-state index contributed by atoms with van der Waals surface area (Å²) in [6.45, 7) is 3.56. The van der Waals surface area contributed by atoms with Gasteiger partial charge in [-0.15, -0.1) is 23.1 Å². The molecule has 0 saturated carbocycles. The van der Waals surface area contributed by atoms with Crippen LogP contribution in [0.4, 0.5) is 0 Å². The third kappa shape index (κ3) is 5.22. The molecule has 0 aliphatic carbocycles. The Kier molecular flexibility index (Phi) is 6.53. The molecule has 1 aromatic heterocycles. The van der Waals surface area contributed by atoms with Crippen molar-refractivity contribution in [1.82, 2.24) is 10.9 Å². The van der Waals surface area contributed by atoms with Gasteiger partial charge >= 0.3 is 5.97 Å². The van der Waals surface area contributed by atoms with Crippen LogP contribution in [0.5, 0.6) is 0 Å². The van der Waals surface area contributed by atoms with E-state index in [0.717, 1.165) is 11.8 Å². The van der Waals surface area contributed by atoms with Crippen molar-refractivity contribution >= 4 is 40.9 Å². The van der Waals surface area contributed by atoms with Crippen LogP contribution < -0.4 is 10.9 Å². The van der Waals surface area contributed by atoms with Crippen LogP contribution in [0.3, 0.4) is 0 Å². The third-order valence-electron chi connectivity index (χ3n) is 2.30. The Morgan fingerprint density at radius 1 is 1.35 bits per heavy atom. The number of aliphatic carboxylic acids is 1. The van der Waals surface area contributed by atoms with Gasteiger partial charge in [-0.1, -0.05) is 19.9 Å². The quantitative estimate of drug-likeness (QED) is 0.689. The minimum absolute atomic E-state index is 0.0279. The molecule has 0 bridgehead atoms. The Hall–Kier alpha value is -1.54. The molecule has 0 fully saturated rings. The van der Waals surface area contributed by atoms with E-state index in [1.165, 1.54) is 11.3 Å². The lowest BCUT2D eigenvalue weighted by atomic mass is 10.1. The Labute approximate surface area is 124 Å². The predicted molar refractivity (Wildman–Crippen MR) is 78.6 cm³/mol. The highest BCUT2D eigenvalue weighted by atomic mass is 32.2. The zero-order chi connectivity index (χ0) is 15.1. The largest absolute Gasteiger partial charge is 0.480 e. The van der Waals surface area contributed by atoms with Crippen molar-refractivity contribution < 1.29 is 19.5 Å². The summed E-state index contributed by atoms with van der Waals surface area (Å²) in [4.78, 5) is 34.5. The van der Waals surface area contributed by atoms with Crippen LogP contribution in [0.1, 0.15) is 23.5 Å². The number of hydrazine groups is 1. The number of carbonyl (C=O) groups is 3. The van der Waals surface area contributed by atoms with Crippen LogP contribution in [0.2, 0.25) is 0 Å². The SMILES string of the molecule is CC(C)C(SCC(=O)NNC(=O)c1cccs1)C(=O)O. The molecule has 3 N–H and O–H groups in total. The number of carboxylic acid groups (broad SMARTS) is 1. The normalized spacial score (nSPS) is 11.9. The van der Waals surface area contributed by atoms with Gasteiger partial charge in [0.05, 0.1) is 10.6 Å². The minimum atomic E-state index is -0.944. The lowest BCUT2D eigenvalue weighted by Crippen LogP contribution is -2.42. The lowest BCUT2D eigenvalue weighted by Gasteiger charge is -2.15. The van der Waals surface area contributed by atoms with Gasteiger partial charge in [0.15, 0.2) is 0 Å². The average molecular weight is 316 g/mol. The van der Waals surface area contributed by atoms with Gasteiger partial charge in [-0.05, 0) is 17.4 Å². The molecule has 1 aromatic rings. The minimum Gasteiger partial charge on any atom is -0.480 e. The molecule has 1 heterocycles. The van der Waals surface area contributed by atoms with Gasteiger partial charge in [0.1, 0.15) is 5.25 Å². The van der Waals surface area contributed by atoms with Crippen molar-refractivity contribution in [2.45, 2.75) is 19.1 Å². The molecule has 0 aromatic carbocycles. The Morgan fingerprint density at radius 2 is 2.05 bits per heavy atom. The van der Waals surface area contributed by atoms with E-state index in [-0.39, 0.29) is 11.7 Å². The second-order valence-electron chi connectivity index (χ2n) is 4.29. The number of hydrogen-bond donors (Lipinski definition) is 3. The van der Waals surface area contributed by atoms with Gasteiger partial charge in [0.2, 0.25) is 5.91 Å². The first-order chi connectivity index (χ1) is 9.41. The smallest absolute Gasteiger partial charge is 0.316 e. The summed E-state index contributed by atoms with van der Waals surface area (Å²) in [7, 11) is 0. The summed E-state index contributed by atoms with van der Waals surface area (Å²) in [6.07, 6.45) is 0. The molecule has 0 spiro atoms. The van der Waals surface area contributed by atoms with Gasteiger partial charge in [-0.3, -0.25) is 25.2 Å². The van der Waals surface area contributed by atoms with Crippen molar-refractivity contribution in [2.24, 2.45) is 5.92 Å². The topological polar surface area (TPSA) is 95.5 Å². The summed E-state index contributed by atoms with van der Waals surface area (Å²) < 4.78 is 0. The summed E-state index contributed by atoms with van der Waals surface area (Å²) in [5.74, 6) is -1.88. The van der Waals surface area contributed by atoms with E-state index >= 15 is 0 Å². The number of rotatable bonds is 6. The molecule has 0 aliphatic heterocycles. The van der Waals surface area contributed by atoms with Gasteiger partial charge < -0.3 is 5.11 Å². The van der Waals surface area contributed by atoms with Crippen LogP contribution in [-0.4, -0.2) is 33.9 Å². The van der Waals surface area contributed by atoms with Crippen LogP contribution in [-0.2, 0) is 9.59 Å². The van der Waals surface area contributed by atoms with Gasteiger partial charge in [-0.2, -0.15) is 0 Å². The maximum atomic E-state index is 11.5. The standard InChI is InChI=1S/C12H16N2O4S2/c1-7(2)10(12(17)18)20-6-9(15)13-14-11(16)8-4-3-5-19-8/h3-5,7,10H,6H2,1-2H3,(H,13,15)(H,14,16)(H,17,18). The van der Waals surface area contributed by atoms with E-state index in [1.54, 1.807) is 31.4 Å². The van der Waals surface area contributed by atoms with Crippen molar-refractivity contribution in [3.05, 3.63) is 22.4 Å². The second kappa shape index (κ2) is 7.91. The van der Waals surface area contributed by atoms with Gasteiger partial charge in [0.25, 0.3) is 5.91 Å². The molecular weight excluding hydrogens is 300 g/mol.